The molecular weight excluding hydrogens is 176 g/mol. The molecule has 1 aliphatic carbocycles. The molecule has 2 amide bonds. The summed E-state index contributed by atoms with van der Waals surface area (Å²) in [7, 11) is 0. The Labute approximate surface area is 85.1 Å². The molecule has 0 aliphatic heterocycles. The molecule has 0 radical (unpaired) electrons. The van der Waals surface area contributed by atoms with Gasteiger partial charge in [-0.25, -0.2) is 4.79 Å². The second kappa shape index (κ2) is 3.86. The van der Waals surface area contributed by atoms with E-state index >= 15 is 0 Å². The highest BCUT2D eigenvalue weighted by atomic mass is 16.2. The number of carbonyl (C=O) groups is 1. The maximum absolute atomic E-state index is 10.6. The molecule has 1 aliphatic rings. The molecule has 3 N–H and O–H groups in total. The molecule has 1 rings (SSSR count). The first kappa shape index (κ1) is 10.8. The standard InChI is InChI=1S/C11H18N2O/c1-8-5-4-6-11(2,3)9(8)7-13-10(12)14/h5,7H,4,6H2,1-3H3,(H3,12,13,14). The van der Waals surface area contributed by atoms with E-state index in [1.54, 1.807) is 6.20 Å². The Morgan fingerprint density at radius 3 is 2.79 bits per heavy atom. The number of urea groups is 1. The van der Waals surface area contributed by atoms with Crippen LogP contribution in [0.3, 0.4) is 0 Å². The minimum atomic E-state index is -0.508. The van der Waals surface area contributed by atoms with Crippen LogP contribution in [-0.2, 0) is 0 Å². The van der Waals surface area contributed by atoms with Crippen molar-refractivity contribution in [3.8, 4) is 0 Å². The van der Waals surface area contributed by atoms with Crippen LogP contribution in [0, 0.1) is 5.41 Å². The molecular formula is C11H18N2O. The number of allylic oxidation sites excluding steroid dienone is 3. The maximum atomic E-state index is 10.6. The van der Waals surface area contributed by atoms with Crippen molar-refractivity contribution in [2.45, 2.75) is 33.6 Å². The van der Waals surface area contributed by atoms with Crippen LogP contribution in [0.25, 0.3) is 0 Å². The number of nitrogens with one attached hydrogen (secondary N) is 1. The zero-order chi connectivity index (χ0) is 10.8. The summed E-state index contributed by atoms with van der Waals surface area (Å²) in [5.74, 6) is 0. The molecule has 0 saturated heterocycles. The first-order chi connectivity index (χ1) is 6.43. The molecule has 0 heterocycles. The van der Waals surface area contributed by atoms with Crippen LogP contribution in [0.2, 0.25) is 0 Å². The van der Waals surface area contributed by atoms with Gasteiger partial charge >= 0.3 is 6.03 Å². The van der Waals surface area contributed by atoms with Crippen LogP contribution in [0.5, 0.6) is 0 Å². The normalized spacial score (nSPS) is 23.1. The molecule has 14 heavy (non-hydrogen) atoms. The van der Waals surface area contributed by atoms with Crippen molar-refractivity contribution in [2.24, 2.45) is 11.1 Å². The first-order valence-electron chi connectivity index (χ1n) is 4.87. The quantitative estimate of drug-likeness (QED) is 0.661. The summed E-state index contributed by atoms with van der Waals surface area (Å²) < 4.78 is 0. The maximum Gasteiger partial charge on any atom is 0.316 e. The number of hydrogen-bond acceptors (Lipinski definition) is 1. The third kappa shape index (κ3) is 2.37. The lowest BCUT2D eigenvalue weighted by Crippen LogP contribution is -2.27. The fourth-order valence-corrected chi connectivity index (χ4v) is 1.88. The van der Waals surface area contributed by atoms with Crippen LogP contribution < -0.4 is 11.1 Å². The summed E-state index contributed by atoms with van der Waals surface area (Å²) in [6, 6.07) is -0.508. The van der Waals surface area contributed by atoms with Gasteiger partial charge in [0.05, 0.1) is 0 Å². The molecule has 0 aromatic heterocycles. The van der Waals surface area contributed by atoms with Gasteiger partial charge in [0.2, 0.25) is 0 Å². The van der Waals surface area contributed by atoms with Crippen molar-refractivity contribution < 1.29 is 4.79 Å². The van der Waals surface area contributed by atoms with Crippen molar-refractivity contribution in [2.75, 3.05) is 0 Å². The van der Waals surface area contributed by atoms with Crippen LogP contribution in [-0.4, -0.2) is 6.03 Å². The van der Waals surface area contributed by atoms with Crippen LogP contribution in [0.15, 0.2) is 23.4 Å². The lowest BCUT2D eigenvalue weighted by Gasteiger charge is -2.32. The highest BCUT2D eigenvalue weighted by Gasteiger charge is 2.26. The smallest absolute Gasteiger partial charge is 0.316 e. The molecule has 0 aromatic carbocycles. The van der Waals surface area contributed by atoms with E-state index in [0.717, 1.165) is 12.8 Å². The van der Waals surface area contributed by atoms with Gasteiger partial charge < -0.3 is 11.1 Å². The van der Waals surface area contributed by atoms with Crippen molar-refractivity contribution in [3.63, 3.8) is 0 Å². The van der Waals surface area contributed by atoms with E-state index in [1.807, 2.05) is 0 Å². The SMILES string of the molecule is CC1=CCCC(C)(C)C1=CNC(N)=O. The second-order valence-corrected chi connectivity index (χ2v) is 4.38. The number of nitrogens with two attached hydrogens (primary N) is 1. The Balaban J connectivity index is 2.91. The van der Waals surface area contributed by atoms with Gasteiger partial charge in [0.1, 0.15) is 0 Å². The van der Waals surface area contributed by atoms with Crippen molar-refractivity contribution >= 4 is 6.03 Å². The molecule has 0 fully saturated rings. The Kier molecular flexibility index (Phi) is 2.99. The van der Waals surface area contributed by atoms with Crippen LogP contribution in [0.4, 0.5) is 4.79 Å². The summed E-state index contributed by atoms with van der Waals surface area (Å²) in [5.41, 5.74) is 7.56. The van der Waals surface area contributed by atoms with Crippen molar-refractivity contribution in [1.29, 1.82) is 0 Å². The average Bonchev–Trinajstić information content (AvgIpc) is 2.01. The molecule has 0 saturated carbocycles. The van der Waals surface area contributed by atoms with E-state index < -0.39 is 6.03 Å². The lowest BCUT2D eigenvalue weighted by atomic mass is 9.74. The first-order valence-corrected chi connectivity index (χ1v) is 4.87. The molecule has 3 heteroatoms. The van der Waals surface area contributed by atoms with Gasteiger partial charge in [0, 0.05) is 6.20 Å². The van der Waals surface area contributed by atoms with E-state index in [9.17, 15) is 4.79 Å². The predicted molar refractivity (Wildman–Crippen MR) is 57.6 cm³/mol. The third-order valence-corrected chi connectivity index (χ3v) is 2.73. The molecule has 0 atom stereocenters. The molecule has 0 unspecified atom stereocenters. The summed E-state index contributed by atoms with van der Waals surface area (Å²) in [6.45, 7) is 6.42. The fourth-order valence-electron chi connectivity index (χ4n) is 1.88. The van der Waals surface area contributed by atoms with E-state index in [4.69, 9.17) is 5.73 Å². The second-order valence-electron chi connectivity index (χ2n) is 4.38. The van der Waals surface area contributed by atoms with Gasteiger partial charge in [-0.05, 0) is 36.3 Å². The largest absolute Gasteiger partial charge is 0.351 e. The van der Waals surface area contributed by atoms with Gasteiger partial charge in [-0.2, -0.15) is 0 Å². The summed E-state index contributed by atoms with van der Waals surface area (Å²) in [5, 5.41) is 2.54. The topological polar surface area (TPSA) is 55.1 Å². The Hall–Kier alpha value is -1.25. The highest BCUT2D eigenvalue weighted by molar-refractivity contribution is 5.73. The van der Waals surface area contributed by atoms with E-state index in [2.05, 4.69) is 32.2 Å². The summed E-state index contributed by atoms with van der Waals surface area (Å²) in [6.07, 6.45) is 6.14. The van der Waals surface area contributed by atoms with Crippen LogP contribution in [0.1, 0.15) is 33.6 Å². The molecule has 0 spiro atoms. The van der Waals surface area contributed by atoms with Gasteiger partial charge in [-0.15, -0.1) is 0 Å². The van der Waals surface area contributed by atoms with Gasteiger partial charge in [0.15, 0.2) is 0 Å². The van der Waals surface area contributed by atoms with Crippen molar-refractivity contribution in [1.82, 2.24) is 5.32 Å². The van der Waals surface area contributed by atoms with Crippen molar-refractivity contribution in [3.05, 3.63) is 23.4 Å². The molecule has 0 bridgehead atoms. The number of primary amides is 1. The Morgan fingerprint density at radius 1 is 1.64 bits per heavy atom. The van der Waals surface area contributed by atoms with E-state index in [0.29, 0.717) is 0 Å². The molecule has 78 valence electrons. The van der Waals surface area contributed by atoms with Crippen LogP contribution >= 0.6 is 0 Å². The van der Waals surface area contributed by atoms with Gasteiger partial charge in [0.25, 0.3) is 0 Å². The third-order valence-electron chi connectivity index (χ3n) is 2.73. The Bertz CT molecular complexity index is 300. The lowest BCUT2D eigenvalue weighted by molar-refractivity contribution is 0.251. The number of carbonyl (C=O) groups excluding carboxylic acids is 1. The van der Waals surface area contributed by atoms with Gasteiger partial charge in [-0.3, -0.25) is 0 Å². The Morgan fingerprint density at radius 2 is 2.29 bits per heavy atom. The fraction of sp³-hybridized carbons (Fsp3) is 0.545. The minimum Gasteiger partial charge on any atom is -0.351 e. The van der Waals surface area contributed by atoms with Gasteiger partial charge in [-0.1, -0.05) is 19.9 Å². The molecule has 0 aromatic rings. The minimum absolute atomic E-state index is 0.126. The molecule has 3 nitrogen and oxygen atoms in total. The predicted octanol–water partition coefficient (Wildman–Crippen LogP) is 2.30. The number of hydrogen-bond donors (Lipinski definition) is 2. The summed E-state index contributed by atoms with van der Waals surface area (Å²) in [4.78, 5) is 10.6. The van der Waals surface area contributed by atoms with E-state index in [1.165, 1.54) is 11.1 Å². The number of amides is 2. The average molecular weight is 194 g/mol. The van der Waals surface area contributed by atoms with E-state index in [-0.39, 0.29) is 5.41 Å². The number of rotatable bonds is 1. The highest BCUT2D eigenvalue weighted by Crippen LogP contribution is 2.39. The zero-order valence-corrected chi connectivity index (χ0v) is 9.05. The summed E-state index contributed by atoms with van der Waals surface area (Å²) >= 11 is 0. The monoisotopic (exact) mass is 194 g/mol. The zero-order valence-electron chi connectivity index (χ0n) is 9.05.